The number of benzene rings is 1. The molecule has 88 valence electrons. The van der Waals surface area contributed by atoms with Gasteiger partial charge < -0.3 is 10.1 Å². The predicted molar refractivity (Wildman–Crippen MR) is 60.6 cm³/mol. The lowest BCUT2D eigenvalue weighted by Crippen LogP contribution is -2.20. The van der Waals surface area contributed by atoms with Crippen molar-refractivity contribution in [3.8, 4) is 0 Å². The average molecular weight is 266 g/mol. The number of carbonyl (C=O) groups excluding carboxylic acids is 1. The zero-order valence-electron chi connectivity index (χ0n) is 8.42. The van der Waals surface area contributed by atoms with Crippen molar-refractivity contribution in [3.63, 3.8) is 0 Å². The van der Waals surface area contributed by atoms with Crippen LogP contribution in [0.3, 0.4) is 0 Å². The minimum absolute atomic E-state index is 0. The van der Waals surface area contributed by atoms with Crippen molar-refractivity contribution in [3.05, 3.63) is 34.1 Å². The standard InChI is InChI=1S/C10H9ClFNO2.ClH/c1-5-2-3-6(12)8(9(5)11)7-4-15-10(14)13-7;/h2-3,7H,4H2,1H3,(H,13,14);1H/t7-;/m1./s1. The second-order valence-corrected chi connectivity index (χ2v) is 3.77. The molecule has 2 rings (SSSR count). The molecule has 0 aliphatic carbocycles. The summed E-state index contributed by atoms with van der Waals surface area (Å²) in [5.74, 6) is -0.429. The Morgan fingerprint density at radius 2 is 2.25 bits per heavy atom. The molecule has 1 fully saturated rings. The fraction of sp³-hybridized carbons (Fsp3) is 0.300. The molecule has 1 aromatic carbocycles. The Balaban J connectivity index is 0.00000128. The van der Waals surface area contributed by atoms with Crippen molar-refractivity contribution < 1.29 is 13.9 Å². The maximum atomic E-state index is 13.5. The third kappa shape index (κ3) is 2.23. The highest BCUT2D eigenvalue weighted by Crippen LogP contribution is 2.30. The number of aryl methyl sites for hydroxylation is 1. The fourth-order valence-electron chi connectivity index (χ4n) is 1.54. The number of cyclic esters (lactones) is 1. The summed E-state index contributed by atoms with van der Waals surface area (Å²) in [6.45, 7) is 1.89. The molecule has 16 heavy (non-hydrogen) atoms. The Morgan fingerprint density at radius 1 is 1.56 bits per heavy atom. The summed E-state index contributed by atoms with van der Waals surface area (Å²) < 4.78 is 18.2. The smallest absolute Gasteiger partial charge is 0.407 e. The van der Waals surface area contributed by atoms with Crippen LogP contribution in [0.4, 0.5) is 9.18 Å². The number of amides is 1. The highest BCUT2D eigenvalue weighted by atomic mass is 35.5. The molecule has 0 aromatic heterocycles. The molecular formula is C10H10Cl2FNO2. The Morgan fingerprint density at radius 3 is 2.81 bits per heavy atom. The van der Waals surface area contributed by atoms with Gasteiger partial charge in [-0.05, 0) is 18.6 Å². The number of halogens is 3. The van der Waals surface area contributed by atoms with Gasteiger partial charge in [-0.25, -0.2) is 9.18 Å². The summed E-state index contributed by atoms with van der Waals surface area (Å²) >= 11 is 5.98. The summed E-state index contributed by atoms with van der Waals surface area (Å²) in [5, 5.41) is 2.83. The predicted octanol–water partition coefficient (Wildman–Crippen LogP) is 2.99. The zero-order chi connectivity index (χ0) is 11.0. The summed E-state index contributed by atoms with van der Waals surface area (Å²) in [6, 6.07) is 2.43. The van der Waals surface area contributed by atoms with E-state index in [1.54, 1.807) is 13.0 Å². The molecular weight excluding hydrogens is 256 g/mol. The van der Waals surface area contributed by atoms with Crippen LogP contribution >= 0.6 is 24.0 Å². The van der Waals surface area contributed by atoms with Crippen LogP contribution in [0.15, 0.2) is 12.1 Å². The molecule has 0 radical (unpaired) electrons. The van der Waals surface area contributed by atoms with E-state index in [0.29, 0.717) is 10.6 Å². The summed E-state index contributed by atoms with van der Waals surface area (Å²) in [7, 11) is 0. The Kier molecular flexibility index (Phi) is 3.99. The number of nitrogens with one attached hydrogen (secondary N) is 1. The van der Waals surface area contributed by atoms with Crippen LogP contribution in [0.1, 0.15) is 17.2 Å². The first-order valence-corrected chi connectivity index (χ1v) is 4.85. The lowest BCUT2D eigenvalue weighted by Gasteiger charge is -2.12. The van der Waals surface area contributed by atoms with Crippen LogP contribution in [0, 0.1) is 12.7 Å². The molecule has 1 aliphatic rings. The number of ether oxygens (including phenoxy) is 1. The summed E-state index contributed by atoms with van der Waals surface area (Å²) in [6.07, 6.45) is -0.544. The van der Waals surface area contributed by atoms with Crippen molar-refractivity contribution in [1.29, 1.82) is 0 Å². The Labute approximate surface area is 103 Å². The van der Waals surface area contributed by atoms with E-state index in [0.717, 1.165) is 5.56 Å². The van der Waals surface area contributed by atoms with Gasteiger partial charge in [-0.15, -0.1) is 12.4 Å². The second kappa shape index (κ2) is 4.89. The van der Waals surface area contributed by atoms with Gasteiger partial charge in [-0.2, -0.15) is 0 Å². The molecule has 1 aromatic rings. The maximum absolute atomic E-state index is 13.5. The van der Waals surface area contributed by atoms with Crippen LogP contribution in [0.25, 0.3) is 0 Å². The second-order valence-electron chi connectivity index (χ2n) is 3.39. The van der Waals surface area contributed by atoms with Gasteiger partial charge in [-0.1, -0.05) is 17.7 Å². The van der Waals surface area contributed by atoms with E-state index in [-0.39, 0.29) is 19.0 Å². The van der Waals surface area contributed by atoms with Gasteiger partial charge in [0.1, 0.15) is 12.4 Å². The molecule has 1 saturated heterocycles. The Hall–Kier alpha value is -1.00. The van der Waals surface area contributed by atoms with Gasteiger partial charge >= 0.3 is 6.09 Å². The number of hydrogen-bond acceptors (Lipinski definition) is 2. The Bertz CT molecular complexity index is 426. The van der Waals surface area contributed by atoms with Crippen molar-refractivity contribution >= 4 is 30.1 Å². The molecule has 6 heteroatoms. The first-order chi connectivity index (χ1) is 7.09. The van der Waals surface area contributed by atoms with Crippen molar-refractivity contribution in [2.45, 2.75) is 13.0 Å². The molecule has 1 heterocycles. The van der Waals surface area contributed by atoms with Crippen LogP contribution < -0.4 is 5.32 Å². The van der Waals surface area contributed by atoms with E-state index >= 15 is 0 Å². The van der Waals surface area contributed by atoms with E-state index in [1.807, 2.05) is 0 Å². The van der Waals surface area contributed by atoms with Gasteiger partial charge in [0.15, 0.2) is 0 Å². The fourth-order valence-corrected chi connectivity index (χ4v) is 1.82. The van der Waals surface area contributed by atoms with Crippen molar-refractivity contribution in [1.82, 2.24) is 5.32 Å². The molecule has 0 unspecified atom stereocenters. The molecule has 1 aliphatic heterocycles. The molecule has 3 nitrogen and oxygen atoms in total. The van der Waals surface area contributed by atoms with Gasteiger partial charge in [0.2, 0.25) is 0 Å². The molecule has 1 N–H and O–H groups in total. The largest absolute Gasteiger partial charge is 0.447 e. The summed E-state index contributed by atoms with van der Waals surface area (Å²) in [4.78, 5) is 10.8. The van der Waals surface area contributed by atoms with Gasteiger partial charge in [0.05, 0.1) is 11.1 Å². The zero-order valence-corrected chi connectivity index (χ0v) is 9.99. The SMILES string of the molecule is Cc1ccc(F)c([C@H]2COC(=O)N2)c1Cl.Cl. The highest BCUT2D eigenvalue weighted by molar-refractivity contribution is 6.32. The minimum atomic E-state index is -0.544. The minimum Gasteiger partial charge on any atom is -0.447 e. The van der Waals surface area contributed by atoms with E-state index in [9.17, 15) is 9.18 Å². The van der Waals surface area contributed by atoms with E-state index in [4.69, 9.17) is 16.3 Å². The maximum Gasteiger partial charge on any atom is 0.407 e. The molecule has 0 saturated carbocycles. The summed E-state index contributed by atoms with van der Waals surface area (Å²) in [5.41, 5.74) is 1.07. The average Bonchev–Trinajstić information content (AvgIpc) is 2.59. The molecule has 0 spiro atoms. The number of hydrogen-bond donors (Lipinski definition) is 1. The van der Waals surface area contributed by atoms with Crippen LogP contribution in [0.2, 0.25) is 5.02 Å². The third-order valence-electron chi connectivity index (χ3n) is 2.34. The normalized spacial score (nSPS) is 18.7. The molecule has 1 amide bonds. The molecule has 1 atom stereocenters. The van der Waals surface area contributed by atoms with E-state index in [1.165, 1.54) is 6.07 Å². The molecule has 0 bridgehead atoms. The van der Waals surface area contributed by atoms with E-state index < -0.39 is 18.0 Å². The van der Waals surface area contributed by atoms with Crippen LogP contribution in [-0.4, -0.2) is 12.7 Å². The highest BCUT2D eigenvalue weighted by Gasteiger charge is 2.28. The lowest BCUT2D eigenvalue weighted by molar-refractivity contribution is 0.177. The monoisotopic (exact) mass is 265 g/mol. The number of carbonyl (C=O) groups is 1. The quantitative estimate of drug-likeness (QED) is 0.848. The third-order valence-corrected chi connectivity index (χ3v) is 2.84. The number of rotatable bonds is 1. The van der Waals surface area contributed by atoms with Crippen LogP contribution in [0.5, 0.6) is 0 Å². The van der Waals surface area contributed by atoms with Crippen molar-refractivity contribution in [2.75, 3.05) is 6.61 Å². The van der Waals surface area contributed by atoms with E-state index in [2.05, 4.69) is 5.32 Å². The first kappa shape index (κ1) is 13.1. The first-order valence-electron chi connectivity index (χ1n) is 4.47. The van der Waals surface area contributed by atoms with Gasteiger partial charge in [0.25, 0.3) is 0 Å². The lowest BCUT2D eigenvalue weighted by atomic mass is 10.0. The van der Waals surface area contributed by atoms with Crippen LogP contribution in [-0.2, 0) is 4.74 Å². The number of alkyl carbamates (subject to hydrolysis) is 1. The van der Waals surface area contributed by atoms with Gasteiger partial charge in [-0.3, -0.25) is 0 Å². The topological polar surface area (TPSA) is 38.3 Å². The van der Waals surface area contributed by atoms with Crippen molar-refractivity contribution in [2.24, 2.45) is 0 Å². The van der Waals surface area contributed by atoms with Gasteiger partial charge in [0, 0.05) is 5.56 Å².